The molecule has 0 aliphatic heterocycles. The summed E-state index contributed by atoms with van der Waals surface area (Å²) in [5.74, 6) is -0.355. The Bertz CT molecular complexity index is 250. The van der Waals surface area contributed by atoms with Gasteiger partial charge in [0.05, 0.1) is 0 Å². The normalized spacial score (nSPS) is 41.5. The van der Waals surface area contributed by atoms with Gasteiger partial charge in [0.1, 0.15) is 0 Å². The molecule has 0 aromatic carbocycles. The van der Waals surface area contributed by atoms with Crippen molar-refractivity contribution in [2.75, 3.05) is 0 Å². The number of rotatable bonds is 3. The average Bonchev–Trinajstić information content (AvgIpc) is 2.18. The highest BCUT2D eigenvalue weighted by atomic mass is 16.4. The lowest BCUT2D eigenvalue weighted by Gasteiger charge is -2.54. The number of hydrogen-bond acceptors (Lipinski definition) is 2. The van der Waals surface area contributed by atoms with Crippen molar-refractivity contribution in [1.82, 2.24) is 0 Å². The van der Waals surface area contributed by atoms with Crippen LogP contribution in [-0.2, 0) is 4.79 Å². The Kier molecular flexibility index (Phi) is 2.53. The molecule has 0 heterocycles. The van der Waals surface area contributed by atoms with E-state index in [2.05, 4.69) is 6.92 Å². The SMILES string of the molecule is CC(CC(=O)O)C12CCC(N)(CC1)CC2. The van der Waals surface area contributed by atoms with E-state index in [1.54, 1.807) is 0 Å². The lowest BCUT2D eigenvalue weighted by Crippen LogP contribution is -2.53. The summed E-state index contributed by atoms with van der Waals surface area (Å²) in [4.78, 5) is 10.8. The number of fused-ring (bicyclic) bond motifs is 3. The fourth-order valence-electron chi connectivity index (χ4n) is 3.46. The Morgan fingerprint density at radius 2 is 1.73 bits per heavy atom. The molecule has 0 amide bonds. The summed E-state index contributed by atoms with van der Waals surface area (Å²) in [6.07, 6.45) is 7.01. The molecule has 1 atom stereocenters. The second-order valence-electron chi connectivity index (χ2n) is 5.72. The Morgan fingerprint density at radius 3 is 2.13 bits per heavy atom. The van der Waals surface area contributed by atoms with E-state index in [0.717, 1.165) is 38.5 Å². The number of carbonyl (C=O) groups is 1. The Hall–Kier alpha value is -0.570. The molecule has 0 aromatic heterocycles. The maximum absolute atomic E-state index is 10.8. The molecule has 3 aliphatic carbocycles. The van der Waals surface area contributed by atoms with E-state index in [1.165, 1.54) is 0 Å². The standard InChI is InChI=1S/C12H21NO2/c1-9(8-10(14)15)11-2-5-12(13,6-3-11)7-4-11/h9H,2-8,13H2,1H3,(H,14,15). The minimum absolute atomic E-state index is 0.0880. The third-order valence-electron chi connectivity index (χ3n) is 4.89. The molecular weight excluding hydrogens is 190 g/mol. The number of nitrogens with two attached hydrogens (primary N) is 1. The third-order valence-corrected chi connectivity index (χ3v) is 4.89. The molecule has 1 unspecified atom stereocenters. The molecular formula is C12H21NO2. The smallest absolute Gasteiger partial charge is 0.303 e. The molecule has 3 aliphatic rings. The van der Waals surface area contributed by atoms with Gasteiger partial charge in [0.25, 0.3) is 0 Å². The van der Waals surface area contributed by atoms with Gasteiger partial charge in [-0.1, -0.05) is 6.92 Å². The van der Waals surface area contributed by atoms with Gasteiger partial charge in [0, 0.05) is 12.0 Å². The molecule has 86 valence electrons. The van der Waals surface area contributed by atoms with Gasteiger partial charge in [-0.2, -0.15) is 0 Å². The molecule has 0 spiro atoms. The zero-order valence-electron chi connectivity index (χ0n) is 9.46. The largest absolute Gasteiger partial charge is 0.481 e. The lowest BCUT2D eigenvalue weighted by molar-refractivity contribution is -0.140. The summed E-state index contributed by atoms with van der Waals surface area (Å²) >= 11 is 0. The first-order valence-electron chi connectivity index (χ1n) is 5.97. The van der Waals surface area contributed by atoms with E-state index in [9.17, 15) is 4.79 Å². The van der Waals surface area contributed by atoms with Crippen molar-refractivity contribution in [2.45, 2.75) is 57.4 Å². The Morgan fingerprint density at radius 1 is 1.27 bits per heavy atom. The van der Waals surface area contributed by atoms with Gasteiger partial charge in [-0.25, -0.2) is 0 Å². The van der Waals surface area contributed by atoms with Crippen LogP contribution < -0.4 is 5.73 Å². The summed E-state index contributed by atoms with van der Waals surface area (Å²) in [6.45, 7) is 2.10. The van der Waals surface area contributed by atoms with Crippen LogP contribution in [0.2, 0.25) is 0 Å². The molecule has 0 saturated heterocycles. The van der Waals surface area contributed by atoms with Crippen LogP contribution in [0.5, 0.6) is 0 Å². The molecule has 2 bridgehead atoms. The van der Waals surface area contributed by atoms with Gasteiger partial charge < -0.3 is 10.8 Å². The maximum Gasteiger partial charge on any atom is 0.303 e. The fourth-order valence-corrected chi connectivity index (χ4v) is 3.46. The van der Waals surface area contributed by atoms with E-state index < -0.39 is 5.97 Å². The fraction of sp³-hybridized carbons (Fsp3) is 0.917. The predicted molar refractivity (Wildman–Crippen MR) is 58.5 cm³/mol. The van der Waals surface area contributed by atoms with Crippen LogP contribution in [-0.4, -0.2) is 16.6 Å². The van der Waals surface area contributed by atoms with Gasteiger partial charge in [0.15, 0.2) is 0 Å². The first-order chi connectivity index (χ1) is 6.96. The number of aliphatic carboxylic acids is 1. The lowest BCUT2D eigenvalue weighted by atomic mass is 9.53. The third kappa shape index (κ3) is 1.89. The first-order valence-corrected chi connectivity index (χ1v) is 5.97. The van der Waals surface area contributed by atoms with Crippen LogP contribution >= 0.6 is 0 Å². The minimum atomic E-state index is -0.660. The van der Waals surface area contributed by atoms with Crippen molar-refractivity contribution < 1.29 is 9.90 Å². The summed E-state index contributed by atoms with van der Waals surface area (Å²) in [6, 6.07) is 0. The van der Waals surface area contributed by atoms with Crippen LogP contribution in [0, 0.1) is 11.3 Å². The topological polar surface area (TPSA) is 63.3 Å². The predicted octanol–water partition coefficient (Wildman–Crippen LogP) is 2.15. The monoisotopic (exact) mass is 211 g/mol. The van der Waals surface area contributed by atoms with E-state index in [-0.39, 0.29) is 5.54 Å². The molecule has 3 rings (SSSR count). The van der Waals surface area contributed by atoms with Crippen molar-refractivity contribution in [3.8, 4) is 0 Å². The summed E-state index contributed by atoms with van der Waals surface area (Å²) in [7, 11) is 0. The number of hydrogen-bond donors (Lipinski definition) is 2. The van der Waals surface area contributed by atoms with Crippen LogP contribution in [0.25, 0.3) is 0 Å². The second kappa shape index (κ2) is 3.48. The maximum atomic E-state index is 10.8. The van der Waals surface area contributed by atoms with Crippen LogP contribution in [0.15, 0.2) is 0 Å². The first kappa shape index (κ1) is 10.9. The Labute approximate surface area is 91.0 Å². The molecule has 0 aromatic rings. The highest BCUT2D eigenvalue weighted by molar-refractivity contribution is 5.67. The molecule has 15 heavy (non-hydrogen) atoms. The number of carboxylic acid groups (broad SMARTS) is 1. The Balaban J connectivity index is 2.05. The zero-order valence-corrected chi connectivity index (χ0v) is 9.46. The average molecular weight is 211 g/mol. The van der Waals surface area contributed by atoms with Gasteiger partial charge in [-0.15, -0.1) is 0 Å². The molecule has 3 fully saturated rings. The van der Waals surface area contributed by atoms with Gasteiger partial charge in [0.2, 0.25) is 0 Å². The van der Waals surface area contributed by atoms with Crippen LogP contribution in [0.4, 0.5) is 0 Å². The molecule has 0 radical (unpaired) electrons. The van der Waals surface area contributed by atoms with Gasteiger partial charge in [-0.05, 0) is 49.9 Å². The van der Waals surface area contributed by atoms with E-state index in [1.807, 2.05) is 0 Å². The molecule has 3 saturated carbocycles. The highest BCUT2D eigenvalue weighted by Crippen LogP contribution is 2.55. The molecule has 3 N–H and O–H groups in total. The van der Waals surface area contributed by atoms with Crippen molar-refractivity contribution >= 4 is 5.97 Å². The van der Waals surface area contributed by atoms with Gasteiger partial charge in [-0.3, -0.25) is 4.79 Å². The zero-order chi connectivity index (χ0) is 11.1. The second-order valence-corrected chi connectivity index (χ2v) is 5.72. The van der Waals surface area contributed by atoms with E-state index >= 15 is 0 Å². The van der Waals surface area contributed by atoms with Crippen molar-refractivity contribution in [3.63, 3.8) is 0 Å². The van der Waals surface area contributed by atoms with Crippen molar-refractivity contribution in [2.24, 2.45) is 17.1 Å². The summed E-state index contributed by atoms with van der Waals surface area (Å²) < 4.78 is 0. The van der Waals surface area contributed by atoms with Crippen molar-refractivity contribution in [1.29, 1.82) is 0 Å². The van der Waals surface area contributed by atoms with Crippen molar-refractivity contribution in [3.05, 3.63) is 0 Å². The summed E-state index contributed by atoms with van der Waals surface area (Å²) in [5.41, 5.74) is 6.62. The van der Waals surface area contributed by atoms with Crippen LogP contribution in [0.3, 0.4) is 0 Å². The van der Waals surface area contributed by atoms with Gasteiger partial charge >= 0.3 is 5.97 Å². The van der Waals surface area contributed by atoms with E-state index in [4.69, 9.17) is 10.8 Å². The minimum Gasteiger partial charge on any atom is -0.481 e. The molecule has 3 nitrogen and oxygen atoms in total. The highest BCUT2D eigenvalue weighted by Gasteiger charge is 2.49. The number of carboxylic acids is 1. The van der Waals surface area contributed by atoms with E-state index in [0.29, 0.717) is 17.8 Å². The van der Waals surface area contributed by atoms with Crippen LogP contribution in [0.1, 0.15) is 51.9 Å². The quantitative estimate of drug-likeness (QED) is 0.751. The summed E-state index contributed by atoms with van der Waals surface area (Å²) in [5, 5.41) is 8.86. The molecule has 3 heteroatoms.